The molecule has 24 rings (SSSR count). The number of rotatable bonds is 0. The summed E-state index contributed by atoms with van der Waals surface area (Å²) in [5.74, 6) is 0. The Labute approximate surface area is 608 Å². The van der Waals surface area contributed by atoms with Crippen LogP contribution in [0.2, 0.25) is 0 Å². The zero-order valence-corrected chi connectivity index (χ0v) is 56.1. The Balaban J connectivity index is 0.0000000919. The van der Waals surface area contributed by atoms with Gasteiger partial charge in [-0.1, -0.05) is 60.7 Å². The molecule has 0 saturated carbocycles. The highest BCUT2D eigenvalue weighted by Crippen LogP contribution is 2.45. The van der Waals surface area contributed by atoms with Gasteiger partial charge in [-0.25, -0.2) is 9.97 Å². The third-order valence-electron chi connectivity index (χ3n) is 20.9. The molecule has 14 heterocycles. The van der Waals surface area contributed by atoms with Gasteiger partial charge in [-0.3, -0.25) is 38.8 Å². The second kappa shape index (κ2) is 22.5. The average molecular weight is 1390 g/mol. The van der Waals surface area contributed by atoms with E-state index in [0.717, 1.165) is 168 Å². The zero-order chi connectivity index (χ0) is 72.5. The first-order valence-electron chi connectivity index (χ1n) is 33.9. The van der Waals surface area contributed by atoms with E-state index >= 15 is 0 Å². The number of aromatic nitrogens is 10. The van der Waals surface area contributed by atoms with Crippen molar-refractivity contribution in [3.05, 3.63) is 321 Å². The van der Waals surface area contributed by atoms with Crippen molar-refractivity contribution in [3.63, 3.8) is 0 Å². The van der Waals surface area contributed by atoms with Gasteiger partial charge < -0.3 is 17.7 Å². The average Bonchev–Trinajstić information content (AvgIpc) is 1.57. The molecule has 0 aliphatic carbocycles. The van der Waals surface area contributed by atoms with Gasteiger partial charge in [0, 0.05) is 78.7 Å². The predicted octanol–water partition coefficient (Wildman–Crippen LogP) is 19.9. The molecule has 10 aromatic heterocycles. The van der Waals surface area contributed by atoms with Crippen molar-refractivity contribution in [1.29, 1.82) is 0 Å². The third-order valence-corrected chi connectivity index (χ3v) is 20.9. The van der Waals surface area contributed by atoms with Gasteiger partial charge in [0.15, 0.2) is 94.2 Å². The molecule has 22 nitrogen and oxygen atoms in total. The van der Waals surface area contributed by atoms with Crippen LogP contribution in [0.5, 0.6) is 0 Å². The molecule has 0 bridgehead atoms. The quantitative estimate of drug-likeness (QED) is 0.109. The van der Waals surface area contributed by atoms with Gasteiger partial charge in [-0.2, -0.15) is 0 Å². The molecule has 0 N–H and O–H groups in total. The molecular formula is C86H42N18O4+4. The van der Waals surface area contributed by atoms with Gasteiger partial charge in [0.2, 0.25) is 36.2 Å². The highest BCUT2D eigenvalue weighted by molar-refractivity contribution is 6.11. The monoisotopic (exact) mass is 1390 g/mol. The summed E-state index contributed by atoms with van der Waals surface area (Å²) >= 11 is 0. The van der Waals surface area contributed by atoms with E-state index in [0.29, 0.717) is 63.5 Å². The highest BCUT2D eigenvalue weighted by atomic mass is 16.3. The largest absolute Gasteiger partial charge is 0.456 e. The molecule has 0 radical (unpaired) electrons. The first kappa shape index (κ1) is 60.3. The predicted molar refractivity (Wildman–Crippen MR) is 405 cm³/mol. The van der Waals surface area contributed by atoms with E-state index in [1.165, 1.54) is 16.7 Å². The Kier molecular flexibility index (Phi) is 12.6. The summed E-state index contributed by atoms with van der Waals surface area (Å²) in [6, 6.07) is 55.3. The first-order valence-corrected chi connectivity index (χ1v) is 33.9. The lowest BCUT2D eigenvalue weighted by Gasteiger charge is -2.01. The Morgan fingerprint density at radius 1 is 0.287 bits per heavy atom. The maximum atomic E-state index is 7.41. The number of nitrogens with zero attached hydrogens (tertiary/aromatic N) is 18. The Morgan fingerprint density at radius 3 is 1.09 bits per heavy atom. The molecule has 22 heteroatoms. The van der Waals surface area contributed by atoms with E-state index in [2.05, 4.69) is 141 Å². The summed E-state index contributed by atoms with van der Waals surface area (Å²) in [7, 11) is 0. The molecule has 0 amide bonds. The van der Waals surface area contributed by atoms with Crippen LogP contribution in [-0.4, -0.2) is 28.7 Å². The summed E-state index contributed by atoms with van der Waals surface area (Å²) in [6.07, 6.45) is 11.6. The van der Waals surface area contributed by atoms with Crippen LogP contribution in [0.25, 0.3) is 193 Å². The highest BCUT2D eigenvalue weighted by Gasteiger charge is 2.37. The molecule has 496 valence electrons. The second-order valence-electron chi connectivity index (χ2n) is 26.6. The topological polar surface area (TPSA) is 148 Å². The Morgan fingerprint density at radius 2 is 0.630 bits per heavy atom. The van der Waals surface area contributed by atoms with Crippen LogP contribution in [0.1, 0.15) is 22.3 Å². The minimum Gasteiger partial charge on any atom is -0.456 e. The summed E-state index contributed by atoms with van der Waals surface area (Å²) < 4.78 is 41.2. The van der Waals surface area contributed by atoms with Crippen molar-refractivity contribution in [1.82, 2.24) is 28.7 Å². The maximum absolute atomic E-state index is 7.41. The lowest BCUT2D eigenvalue weighted by atomic mass is 10.1. The van der Waals surface area contributed by atoms with Crippen LogP contribution in [0.4, 0.5) is 45.5 Å². The standard InChI is InChI=1S/2C22H11N4O.2C21H10N5O/c1-23-17-8-14-12-25-11-13-7-16-15-5-3-4-6-21(15)27-22(16)10-20(13)26(25)19(14)9-18(17)24-2;1-23-17-9-14-12-25-11-13-7-8-16-15-5-3-4-6-20(15)27-22(16)21(13)26(25)19(14)10-18(17)24-2;1-22-16-8-13-11-25-10-12-5-6-14-15-4-3-7-24-21(15)27-20(14)19(12)26(25)18(13)9-17(16)23-2;1-22-16-7-13-11-25-10-12-6-15-14-4-3-5-24-21(14)27-20(15)9-19(12)26(25)18(13)8-17(16)23-2/h2*3-10,12H,11H2;2*3-9,11H,10H2/q4*+1. The van der Waals surface area contributed by atoms with Gasteiger partial charge in [0.05, 0.1) is 85.2 Å². The number of benzene rings is 10. The van der Waals surface area contributed by atoms with E-state index in [9.17, 15) is 0 Å². The zero-order valence-electron chi connectivity index (χ0n) is 56.1. The molecule has 0 spiro atoms. The fourth-order valence-electron chi connectivity index (χ4n) is 16.2. The van der Waals surface area contributed by atoms with E-state index in [-0.39, 0.29) is 0 Å². The molecular weight excluding hydrogens is 1350 g/mol. The van der Waals surface area contributed by atoms with E-state index in [1.54, 1.807) is 48.8 Å². The van der Waals surface area contributed by atoms with Crippen LogP contribution in [0.3, 0.4) is 0 Å². The molecule has 0 atom stereocenters. The van der Waals surface area contributed by atoms with Crippen molar-refractivity contribution in [2.75, 3.05) is 0 Å². The number of pyridine rings is 2. The summed E-state index contributed by atoms with van der Waals surface area (Å²) in [5, 5.41) is 12.3. The van der Waals surface area contributed by atoms with Crippen LogP contribution in [0.15, 0.2) is 225 Å². The first-order chi connectivity index (χ1) is 53.1. The molecule has 0 saturated heterocycles. The van der Waals surface area contributed by atoms with Crippen molar-refractivity contribution in [2.45, 2.75) is 26.2 Å². The number of para-hydroxylation sites is 2. The molecule has 0 fully saturated rings. The van der Waals surface area contributed by atoms with E-state index in [1.807, 2.05) is 104 Å². The van der Waals surface area contributed by atoms with Gasteiger partial charge in [-0.15, -0.1) is 37.5 Å². The van der Waals surface area contributed by atoms with Gasteiger partial charge >= 0.3 is 0 Å². The fraction of sp³-hybridized carbons (Fsp3) is 0.0465. The van der Waals surface area contributed by atoms with E-state index in [4.69, 9.17) is 70.2 Å². The number of hydrogen-bond donors (Lipinski definition) is 0. The molecule has 20 aromatic rings. The molecule has 4 aliphatic rings. The van der Waals surface area contributed by atoms with Gasteiger partial charge in [0.25, 0.3) is 0 Å². The Hall–Kier alpha value is -16.5. The van der Waals surface area contributed by atoms with Crippen molar-refractivity contribution in [3.8, 4) is 22.7 Å². The third kappa shape index (κ3) is 8.60. The lowest BCUT2D eigenvalue weighted by Crippen LogP contribution is -2.36. The number of fused-ring (bicyclic) bond motifs is 34. The Bertz CT molecular complexity index is 7500. The van der Waals surface area contributed by atoms with Crippen LogP contribution in [-0.2, 0) is 26.2 Å². The molecule has 4 aliphatic heterocycles. The van der Waals surface area contributed by atoms with Crippen LogP contribution in [0, 0.1) is 52.6 Å². The molecule has 0 unspecified atom stereocenters. The van der Waals surface area contributed by atoms with Crippen molar-refractivity contribution < 1.29 is 36.4 Å². The van der Waals surface area contributed by atoms with Gasteiger partial charge in [-0.05, 0) is 97.1 Å². The second-order valence-corrected chi connectivity index (χ2v) is 26.6. The van der Waals surface area contributed by atoms with Crippen LogP contribution < -0.4 is 18.7 Å². The minimum absolute atomic E-state index is 0.367. The van der Waals surface area contributed by atoms with Crippen molar-refractivity contribution >= 4 is 177 Å². The summed E-state index contributed by atoms with van der Waals surface area (Å²) in [5.41, 5.74) is 21.9. The lowest BCUT2D eigenvalue weighted by molar-refractivity contribution is -0.749. The number of furan rings is 4. The smallest absolute Gasteiger partial charge is 0.227 e. The molecule has 108 heavy (non-hydrogen) atoms. The number of hydrogen-bond acceptors (Lipinski definition) is 6. The maximum Gasteiger partial charge on any atom is 0.227 e. The SMILES string of the molecule is [C-]#[N+]c1cc2c[n+]3n(c2cc1[N+]#[C-])-c1c(ccc2c1oc1ccccc12)C3.[C-]#[N+]c1cc2c[n+]3n(c2cc1[N+]#[C-])-c1c(ccc2c1oc1ncccc12)C3.[C-]#[N+]c1cc2c[n+]3n(c2cc1[N+]#[C-])-c1cc2oc4ccccc4c2cc1C3.[C-]#[N+]c1cc2c[n+]3n(c2cc1[N+]#[C-])-c1cc2oc4ncccc4c2cc1C3. The van der Waals surface area contributed by atoms with Gasteiger partial charge in [0.1, 0.15) is 55.8 Å². The minimum atomic E-state index is 0.367. The van der Waals surface area contributed by atoms with E-state index < -0.39 is 0 Å². The van der Waals surface area contributed by atoms with Crippen LogP contribution >= 0.6 is 0 Å². The normalized spacial score (nSPS) is 12.2. The fourth-order valence-corrected chi connectivity index (χ4v) is 16.2. The molecule has 10 aromatic carbocycles. The summed E-state index contributed by atoms with van der Waals surface area (Å²) in [4.78, 5) is 36.7. The van der Waals surface area contributed by atoms with Crippen molar-refractivity contribution in [2.24, 2.45) is 0 Å². The summed E-state index contributed by atoms with van der Waals surface area (Å²) in [6.45, 7) is 61.7.